The molecular formula is C25H25FN6O5. The largest absolute Gasteiger partial charge is 0.493 e. The molecule has 1 atom stereocenters. The van der Waals surface area contributed by atoms with Crippen molar-refractivity contribution in [2.45, 2.75) is 25.4 Å². The molecule has 0 saturated heterocycles. The number of benzene rings is 2. The van der Waals surface area contributed by atoms with Crippen LogP contribution in [0, 0.1) is 5.82 Å². The van der Waals surface area contributed by atoms with E-state index in [0.29, 0.717) is 60.3 Å². The summed E-state index contributed by atoms with van der Waals surface area (Å²) >= 11 is 0. The molecule has 1 unspecified atom stereocenters. The van der Waals surface area contributed by atoms with Gasteiger partial charge in [-0.15, -0.1) is 0 Å². The van der Waals surface area contributed by atoms with E-state index in [-0.39, 0.29) is 11.8 Å². The molecule has 0 saturated carbocycles. The standard InChI is InChI=1S/C25H25FN6O5/c1-25-22(33)27-9-3-4-10-36-19-8-6-15(12-20(19)35-2)30-24-28-13-16(26)21(32-24)29-14-5-7-18(37-25)17(11-14)31-23(25)34/h5-8,11-13H,3-4,9-10H2,1-2H3,(H,27,33)(H,31,34)(H2,28,29,30,32). The van der Waals surface area contributed by atoms with Crippen LogP contribution >= 0.6 is 0 Å². The number of halogens is 1. The van der Waals surface area contributed by atoms with Crippen LogP contribution in [0.2, 0.25) is 0 Å². The Morgan fingerprint density at radius 1 is 1.00 bits per heavy atom. The third-order valence-electron chi connectivity index (χ3n) is 5.95. The van der Waals surface area contributed by atoms with Crippen molar-refractivity contribution in [1.82, 2.24) is 15.3 Å². The Morgan fingerprint density at radius 2 is 1.78 bits per heavy atom. The van der Waals surface area contributed by atoms with E-state index in [4.69, 9.17) is 14.2 Å². The van der Waals surface area contributed by atoms with Crippen LogP contribution < -0.4 is 35.5 Å². The van der Waals surface area contributed by atoms with Gasteiger partial charge in [-0.25, -0.2) is 9.37 Å². The second kappa shape index (κ2) is 9.80. The number of hydrogen-bond acceptors (Lipinski definition) is 9. The van der Waals surface area contributed by atoms with Gasteiger partial charge < -0.3 is 35.5 Å². The summed E-state index contributed by atoms with van der Waals surface area (Å²) in [7, 11) is 1.53. The molecule has 6 aliphatic rings. The van der Waals surface area contributed by atoms with E-state index in [9.17, 15) is 14.0 Å². The Balaban J connectivity index is 1.49. The summed E-state index contributed by atoms with van der Waals surface area (Å²) in [6.45, 7) is 2.14. The van der Waals surface area contributed by atoms with Crippen LogP contribution in [0.15, 0.2) is 42.6 Å². The molecule has 12 heteroatoms. The summed E-state index contributed by atoms with van der Waals surface area (Å²) in [6, 6.07) is 10.0. The highest BCUT2D eigenvalue weighted by molar-refractivity contribution is 6.15. The molecule has 0 fully saturated rings. The fourth-order valence-electron chi connectivity index (χ4n) is 3.88. The molecule has 8 bridgehead atoms. The SMILES string of the molecule is COc1cc2ccc1OCCCCNC(=O)C1(C)Oc3ccc(cc3NC1=O)Nc1nc(ncc1F)N2. The van der Waals surface area contributed by atoms with E-state index in [1.807, 2.05) is 0 Å². The van der Waals surface area contributed by atoms with Crippen molar-refractivity contribution in [1.29, 1.82) is 0 Å². The zero-order chi connectivity index (χ0) is 26.0. The lowest BCUT2D eigenvalue weighted by atomic mass is 10.0. The number of nitrogens with one attached hydrogen (secondary N) is 4. The molecule has 4 N–H and O–H groups in total. The van der Waals surface area contributed by atoms with Gasteiger partial charge in [0.25, 0.3) is 17.4 Å². The van der Waals surface area contributed by atoms with Gasteiger partial charge in [-0.3, -0.25) is 9.59 Å². The van der Waals surface area contributed by atoms with Gasteiger partial charge in [0.2, 0.25) is 5.95 Å². The summed E-state index contributed by atoms with van der Waals surface area (Å²) in [5, 5.41) is 11.4. The molecule has 0 aliphatic carbocycles. The summed E-state index contributed by atoms with van der Waals surface area (Å²) in [5.41, 5.74) is -0.364. The van der Waals surface area contributed by atoms with E-state index >= 15 is 0 Å². The van der Waals surface area contributed by atoms with Gasteiger partial charge in [0, 0.05) is 24.0 Å². The molecule has 0 radical (unpaired) electrons. The average Bonchev–Trinajstić information content (AvgIpc) is 2.88. The van der Waals surface area contributed by atoms with Crippen molar-refractivity contribution in [3.8, 4) is 17.2 Å². The lowest BCUT2D eigenvalue weighted by Crippen LogP contribution is -2.58. The van der Waals surface area contributed by atoms with Gasteiger partial charge in [-0.1, -0.05) is 0 Å². The third kappa shape index (κ3) is 4.90. The summed E-state index contributed by atoms with van der Waals surface area (Å²) in [6.07, 6.45) is 2.32. The number of hydrogen-bond donors (Lipinski definition) is 4. The quantitative estimate of drug-likeness (QED) is 0.364. The minimum atomic E-state index is -1.75. The monoisotopic (exact) mass is 508 g/mol. The first-order valence-electron chi connectivity index (χ1n) is 11.7. The highest BCUT2D eigenvalue weighted by Gasteiger charge is 2.47. The van der Waals surface area contributed by atoms with Crippen molar-refractivity contribution < 1.29 is 28.2 Å². The molecule has 2 amide bonds. The minimum absolute atomic E-state index is 0.0845. The van der Waals surface area contributed by atoms with E-state index in [1.165, 1.54) is 14.0 Å². The highest BCUT2D eigenvalue weighted by Crippen LogP contribution is 2.37. The molecule has 0 spiro atoms. The number of nitrogens with zero attached hydrogens (tertiary/aromatic N) is 2. The van der Waals surface area contributed by atoms with Gasteiger partial charge in [0.1, 0.15) is 5.75 Å². The number of anilines is 5. The van der Waals surface area contributed by atoms with Gasteiger partial charge in [0.15, 0.2) is 23.1 Å². The number of rotatable bonds is 1. The number of ether oxygens (including phenoxy) is 3. The van der Waals surface area contributed by atoms with Crippen LogP contribution in [-0.2, 0) is 9.59 Å². The lowest BCUT2D eigenvalue weighted by Gasteiger charge is -2.33. The Hall–Kier alpha value is -4.61. The molecule has 7 heterocycles. The summed E-state index contributed by atoms with van der Waals surface area (Å²) in [4.78, 5) is 33.9. The van der Waals surface area contributed by atoms with Crippen LogP contribution in [-0.4, -0.2) is 47.6 Å². The number of methoxy groups -OCH3 is 1. The van der Waals surface area contributed by atoms with Crippen molar-refractivity contribution in [3.05, 3.63) is 48.4 Å². The molecule has 37 heavy (non-hydrogen) atoms. The van der Waals surface area contributed by atoms with E-state index in [2.05, 4.69) is 31.2 Å². The maximum atomic E-state index is 14.5. The van der Waals surface area contributed by atoms with E-state index in [0.717, 1.165) is 6.20 Å². The molecule has 1 aromatic heterocycles. The first kappa shape index (κ1) is 24.1. The van der Waals surface area contributed by atoms with Crippen LogP contribution in [0.4, 0.5) is 33.2 Å². The highest BCUT2D eigenvalue weighted by atomic mass is 19.1. The molecule has 6 aliphatic heterocycles. The Bertz CT molecular complexity index is 1370. The fourth-order valence-corrected chi connectivity index (χ4v) is 3.88. The van der Waals surface area contributed by atoms with Crippen LogP contribution in [0.5, 0.6) is 17.2 Å². The van der Waals surface area contributed by atoms with Gasteiger partial charge in [0.05, 0.1) is 25.6 Å². The lowest BCUT2D eigenvalue weighted by molar-refractivity contribution is -0.146. The molecule has 3 aromatic rings. The Kier molecular flexibility index (Phi) is 6.38. The second-order valence-electron chi connectivity index (χ2n) is 8.62. The van der Waals surface area contributed by atoms with Crippen molar-refractivity contribution in [3.63, 3.8) is 0 Å². The van der Waals surface area contributed by atoms with Crippen LogP contribution in [0.3, 0.4) is 0 Å². The Labute approximate surface area is 211 Å². The van der Waals surface area contributed by atoms with Gasteiger partial charge >= 0.3 is 0 Å². The van der Waals surface area contributed by atoms with Crippen LogP contribution in [0.1, 0.15) is 19.8 Å². The molecular weight excluding hydrogens is 483 g/mol. The molecule has 2 aromatic carbocycles. The second-order valence-corrected chi connectivity index (χ2v) is 8.62. The molecule has 9 rings (SSSR count). The van der Waals surface area contributed by atoms with E-state index in [1.54, 1.807) is 36.4 Å². The first-order chi connectivity index (χ1) is 17.9. The first-order valence-corrected chi connectivity index (χ1v) is 11.7. The predicted octanol–water partition coefficient (Wildman–Crippen LogP) is 3.49. The van der Waals surface area contributed by atoms with Crippen molar-refractivity contribution in [2.75, 3.05) is 36.2 Å². The molecule has 192 valence electrons. The third-order valence-corrected chi connectivity index (χ3v) is 5.95. The molecule has 11 nitrogen and oxygen atoms in total. The maximum Gasteiger partial charge on any atom is 0.278 e. The zero-order valence-corrected chi connectivity index (χ0v) is 20.2. The van der Waals surface area contributed by atoms with Crippen LogP contribution in [0.25, 0.3) is 0 Å². The number of amides is 2. The van der Waals surface area contributed by atoms with Crippen molar-refractivity contribution >= 4 is 40.6 Å². The van der Waals surface area contributed by atoms with E-state index < -0.39 is 23.2 Å². The summed E-state index contributed by atoms with van der Waals surface area (Å²) in [5.74, 6) is -0.438. The maximum absolute atomic E-state index is 14.5. The average molecular weight is 509 g/mol. The minimum Gasteiger partial charge on any atom is -0.493 e. The predicted molar refractivity (Wildman–Crippen MR) is 133 cm³/mol. The number of carbonyl (C=O) groups excluding carboxylic acids is 2. The Morgan fingerprint density at radius 3 is 2.59 bits per heavy atom. The van der Waals surface area contributed by atoms with Crippen molar-refractivity contribution in [2.24, 2.45) is 0 Å². The zero-order valence-electron chi connectivity index (χ0n) is 20.2. The normalized spacial score (nSPS) is 19.2. The summed E-state index contributed by atoms with van der Waals surface area (Å²) < 4.78 is 31.6. The smallest absolute Gasteiger partial charge is 0.278 e. The number of aromatic nitrogens is 2. The fraction of sp³-hybridized carbons (Fsp3) is 0.280. The van der Waals surface area contributed by atoms with Gasteiger partial charge in [-0.2, -0.15) is 4.98 Å². The number of carbonyl (C=O) groups is 2. The topological polar surface area (TPSA) is 136 Å². The van der Waals surface area contributed by atoms with Gasteiger partial charge in [-0.05, 0) is 50.1 Å².